The second kappa shape index (κ2) is 7.60. The maximum Gasteiger partial charge on any atom is 0.132 e. The van der Waals surface area contributed by atoms with E-state index >= 15 is 0 Å². The number of nitrogens with zero attached hydrogens (tertiary/aromatic N) is 4. The van der Waals surface area contributed by atoms with Gasteiger partial charge >= 0.3 is 0 Å². The third kappa shape index (κ3) is 3.29. The van der Waals surface area contributed by atoms with Crippen molar-refractivity contribution in [3.05, 3.63) is 47.4 Å². The molecule has 1 aromatic carbocycles. The lowest BCUT2D eigenvalue weighted by Gasteiger charge is -2.51. The first-order valence-corrected chi connectivity index (χ1v) is 11.2. The van der Waals surface area contributed by atoms with Crippen LogP contribution in [-0.4, -0.2) is 53.7 Å². The molecule has 0 saturated carbocycles. The number of hydrogen-bond donors (Lipinski definition) is 0. The first-order valence-electron chi connectivity index (χ1n) is 11.2. The van der Waals surface area contributed by atoms with Crippen molar-refractivity contribution in [2.24, 2.45) is 5.92 Å². The third-order valence-electron chi connectivity index (χ3n) is 7.19. The van der Waals surface area contributed by atoms with Gasteiger partial charge in [-0.2, -0.15) is 0 Å². The Bertz CT molecular complexity index is 860. The Morgan fingerprint density at radius 3 is 2.52 bits per heavy atom. The summed E-state index contributed by atoms with van der Waals surface area (Å²) in [4.78, 5) is 15.1. The highest BCUT2D eigenvalue weighted by Gasteiger charge is 2.53. The molecular weight excluding hydrogens is 360 g/mol. The Kier molecular flexibility index (Phi) is 4.94. The second-order valence-corrected chi connectivity index (χ2v) is 8.92. The Morgan fingerprint density at radius 1 is 1.07 bits per heavy atom. The molecule has 0 N–H and O–H groups in total. The average Bonchev–Trinajstić information content (AvgIpc) is 3.17. The predicted octanol–water partition coefficient (Wildman–Crippen LogP) is 3.81. The summed E-state index contributed by atoms with van der Waals surface area (Å²) in [5.74, 6) is 4.35. The molecule has 2 aromatic rings. The highest BCUT2D eigenvalue weighted by atomic mass is 16.5. The van der Waals surface area contributed by atoms with E-state index in [0.717, 1.165) is 48.4 Å². The molecule has 2 bridgehead atoms. The molecule has 4 aliphatic heterocycles. The summed E-state index contributed by atoms with van der Waals surface area (Å²) in [7, 11) is 1.74. The number of rotatable bonds is 5. The summed E-state index contributed by atoms with van der Waals surface area (Å²) in [5.41, 5.74) is 2.51. The lowest BCUT2D eigenvalue weighted by Crippen LogP contribution is -2.60. The minimum Gasteiger partial charge on any atom is -0.497 e. The van der Waals surface area contributed by atoms with Crippen molar-refractivity contribution >= 4 is 5.82 Å². The van der Waals surface area contributed by atoms with Gasteiger partial charge in [-0.3, -0.25) is 4.90 Å². The molecule has 1 aromatic heterocycles. The third-order valence-corrected chi connectivity index (χ3v) is 7.19. The van der Waals surface area contributed by atoms with Crippen LogP contribution in [0.2, 0.25) is 0 Å². The largest absolute Gasteiger partial charge is 0.497 e. The number of fused-ring (bicyclic) bond motifs is 2. The van der Waals surface area contributed by atoms with E-state index in [0.29, 0.717) is 18.0 Å². The molecule has 0 radical (unpaired) electrons. The molecular formula is C24H32N4O. The summed E-state index contributed by atoms with van der Waals surface area (Å²) in [5, 5.41) is 0. The molecule has 4 fully saturated rings. The number of ether oxygens (including phenoxy) is 1. The molecule has 6 rings (SSSR count). The first kappa shape index (κ1) is 18.9. The van der Waals surface area contributed by atoms with Crippen LogP contribution in [0.25, 0.3) is 0 Å². The molecule has 3 atom stereocenters. The normalized spacial score (nSPS) is 30.4. The molecule has 5 heterocycles. The maximum absolute atomic E-state index is 5.39. The van der Waals surface area contributed by atoms with E-state index in [-0.39, 0.29) is 0 Å². The SMILES string of the molecule is CCCc1nc(C)cc(N2C[C@H](c3ccc(OC)cc3)[C@H]3[C@@H]2C2CCN3CC2)n1. The van der Waals surface area contributed by atoms with Gasteiger partial charge in [0, 0.05) is 42.7 Å². The van der Waals surface area contributed by atoms with Crippen LogP contribution in [0.5, 0.6) is 5.75 Å². The molecule has 0 aliphatic carbocycles. The molecule has 0 spiro atoms. The molecule has 5 nitrogen and oxygen atoms in total. The van der Waals surface area contributed by atoms with Crippen molar-refractivity contribution < 1.29 is 4.74 Å². The zero-order valence-electron chi connectivity index (χ0n) is 17.8. The second-order valence-electron chi connectivity index (χ2n) is 8.92. The number of aryl methyl sites for hydroxylation is 2. The van der Waals surface area contributed by atoms with E-state index < -0.39 is 0 Å². The summed E-state index contributed by atoms with van der Waals surface area (Å²) in [6.07, 6.45) is 4.67. The Hall–Kier alpha value is -2.14. The van der Waals surface area contributed by atoms with Gasteiger partial charge in [-0.25, -0.2) is 9.97 Å². The van der Waals surface area contributed by atoms with Gasteiger partial charge in [-0.1, -0.05) is 19.1 Å². The zero-order valence-corrected chi connectivity index (χ0v) is 17.8. The van der Waals surface area contributed by atoms with Crippen molar-refractivity contribution in [3.63, 3.8) is 0 Å². The fourth-order valence-electron chi connectivity index (χ4n) is 5.92. The molecule has 5 heteroatoms. The van der Waals surface area contributed by atoms with Crippen LogP contribution in [0.1, 0.15) is 49.2 Å². The summed E-state index contributed by atoms with van der Waals surface area (Å²) in [6.45, 7) is 7.84. The number of piperidine rings is 3. The highest BCUT2D eigenvalue weighted by molar-refractivity contribution is 5.48. The monoisotopic (exact) mass is 392 g/mol. The molecule has 4 saturated heterocycles. The standard InChI is InChI=1S/C24H32N4O/c1-4-5-21-25-16(2)14-22(26-21)28-15-20(17-6-8-19(29-3)9-7-17)24-23(28)18-10-12-27(24)13-11-18/h6-9,14,18,20,23-24H,4-5,10-13,15H2,1-3H3/t20-,23+,24+/m1/s1. The number of hydrogen-bond acceptors (Lipinski definition) is 5. The number of methoxy groups -OCH3 is 1. The van der Waals surface area contributed by atoms with E-state index in [1.165, 1.54) is 31.5 Å². The van der Waals surface area contributed by atoms with Crippen molar-refractivity contribution in [1.82, 2.24) is 14.9 Å². The van der Waals surface area contributed by atoms with E-state index in [2.05, 4.69) is 59.0 Å². The quantitative estimate of drug-likeness (QED) is 0.774. The van der Waals surface area contributed by atoms with Crippen molar-refractivity contribution in [2.75, 3.05) is 31.6 Å². The van der Waals surface area contributed by atoms with Gasteiger partial charge in [0.2, 0.25) is 0 Å². The van der Waals surface area contributed by atoms with Crippen LogP contribution < -0.4 is 9.64 Å². The van der Waals surface area contributed by atoms with Crippen LogP contribution in [0, 0.1) is 12.8 Å². The first-order chi connectivity index (χ1) is 14.2. The topological polar surface area (TPSA) is 41.5 Å². The average molecular weight is 393 g/mol. The van der Waals surface area contributed by atoms with Gasteiger partial charge in [0.05, 0.1) is 7.11 Å². The van der Waals surface area contributed by atoms with Gasteiger partial charge in [-0.15, -0.1) is 0 Å². The van der Waals surface area contributed by atoms with Gasteiger partial charge < -0.3 is 9.64 Å². The van der Waals surface area contributed by atoms with Gasteiger partial charge in [0.15, 0.2) is 0 Å². The van der Waals surface area contributed by atoms with Crippen molar-refractivity contribution in [1.29, 1.82) is 0 Å². The minimum absolute atomic E-state index is 0.513. The smallest absolute Gasteiger partial charge is 0.132 e. The van der Waals surface area contributed by atoms with Gasteiger partial charge in [-0.05, 0) is 62.9 Å². The summed E-state index contributed by atoms with van der Waals surface area (Å²) < 4.78 is 5.39. The zero-order chi connectivity index (χ0) is 20.0. The molecule has 154 valence electrons. The maximum atomic E-state index is 5.39. The lowest BCUT2D eigenvalue weighted by molar-refractivity contribution is 0.0354. The van der Waals surface area contributed by atoms with Crippen LogP contribution in [0.15, 0.2) is 30.3 Å². The van der Waals surface area contributed by atoms with E-state index in [9.17, 15) is 0 Å². The van der Waals surface area contributed by atoms with Crippen molar-refractivity contribution in [3.8, 4) is 5.75 Å². The molecule has 4 aliphatic rings. The van der Waals surface area contributed by atoms with Crippen LogP contribution in [0.4, 0.5) is 5.82 Å². The fraction of sp³-hybridized carbons (Fsp3) is 0.583. The minimum atomic E-state index is 0.513. The summed E-state index contributed by atoms with van der Waals surface area (Å²) in [6, 6.07) is 12.1. The molecule has 0 unspecified atom stereocenters. The molecule has 29 heavy (non-hydrogen) atoms. The van der Waals surface area contributed by atoms with E-state index in [1.54, 1.807) is 7.11 Å². The van der Waals surface area contributed by atoms with E-state index in [1.807, 2.05) is 0 Å². The van der Waals surface area contributed by atoms with Gasteiger partial charge in [0.25, 0.3) is 0 Å². The highest BCUT2D eigenvalue weighted by Crippen LogP contribution is 2.47. The van der Waals surface area contributed by atoms with Crippen LogP contribution in [0.3, 0.4) is 0 Å². The number of aromatic nitrogens is 2. The Morgan fingerprint density at radius 2 is 1.83 bits per heavy atom. The predicted molar refractivity (Wildman–Crippen MR) is 116 cm³/mol. The lowest BCUT2D eigenvalue weighted by atomic mass is 9.75. The summed E-state index contributed by atoms with van der Waals surface area (Å²) >= 11 is 0. The Balaban J connectivity index is 1.53. The van der Waals surface area contributed by atoms with E-state index in [4.69, 9.17) is 9.72 Å². The van der Waals surface area contributed by atoms with Gasteiger partial charge in [0.1, 0.15) is 17.4 Å². The number of anilines is 1. The fourth-order valence-corrected chi connectivity index (χ4v) is 5.92. The number of benzene rings is 1. The van der Waals surface area contributed by atoms with Crippen LogP contribution >= 0.6 is 0 Å². The van der Waals surface area contributed by atoms with Crippen LogP contribution in [-0.2, 0) is 6.42 Å². The Labute approximate surface area is 174 Å². The molecule has 0 amide bonds. The van der Waals surface area contributed by atoms with Crippen molar-refractivity contribution in [2.45, 2.75) is 57.5 Å².